The third kappa shape index (κ3) is 3.44. The third-order valence-electron chi connectivity index (χ3n) is 3.45. The lowest BCUT2D eigenvalue weighted by Crippen LogP contribution is -1.97. The molecule has 6 heteroatoms. The van der Waals surface area contributed by atoms with Gasteiger partial charge in [0.25, 0.3) is 5.22 Å². The van der Waals surface area contributed by atoms with Crippen molar-refractivity contribution in [2.24, 2.45) is 0 Å². The predicted molar refractivity (Wildman–Crippen MR) is 93.2 cm³/mol. The number of thioether (sulfide) groups is 1. The minimum atomic E-state index is -1.03. The molecular formula is C18H15NO4S. The Morgan fingerprint density at radius 3 is 2.75 bits per heavy atom. The zero-order valence-corrected chi connectivity index (χ0v) is 14.0. The van der Waals surface area contributed by atoms with E-state index in [1.165, 1.54) is 0 Å². The number of nitrogens with zero attached hydrogens (tertiary/aromatic N) is 1. The van der Waals surface area contributed by atoms with Crippen LogP contribution in [0.1, 0.15) is 11.1 Å². The third-order valence-corrected chi connectivity index (χ3v) is 4.31. The average molecular weight is 341 g/mol. The van der Waals surface area contributed by atoms with E-state index in [4.69, 9.17) is 9.15 Å². The molecule has 0 aliphatic carbocycles. The number of ether oxygens (including phenoxy) is 1. The first-order valence-electron chi connectivity index (χ1n) is 7.20. The van der Waals surface area contributed by atoms with Crippen molar-refractivity contribution in [1.29, 1.82) is 0 Å². The summed E-state index contributed by atoms with van der Waals surface area (Å²) in [7, 11) is 1.59. The fourth-order valence-corrected chi connectivity index (χ4v) is 2.94. The Morgan fingerprint density at radius 1 is 1.29 bits per heavy atom. The van der Waals surface area contributed by atoms with E-state index in [1.54, 1.807) is 25.3 Å². The maximum Gasteiger partial charge on any atom is 0.342 e. The van der Waals surface area contributed by atoms with E-state index in [2.05, 4.69) is 4.98 Å². The van der Waals surface area contributed by atoms with E-state index in [0.717, 1.165) is 28.6 Å². The van der Waals surface area contributed by atoms with Crippen molar-refractivity contribution in [3.8, 4) is 5.75 Å². The lowest BCUT2D eigenvalue weighted by molar-refractivity contribution is -0.131. The molecule has 0 aliphatic rings. The zero-order chi connectivity index (χ0) is 17.1. The molecule has 0 fully saturated rings. The minimum Gasteiger partial charge on any atom is -0.497 e. The number of aromatic nitrogens is 1. The molecule has 2 aromatic carbocycles. The number of carbonyl (C=O) groups is 1. The molecule has 0 spiro atoms. The van der Waals surface area contributed by atoms with Gasteiger partial charge in [0.15, 0.2) is 5.58 Å². The lowest BCUT2D eigenvalue weighted by atomic mass is 10.1. The van der Waals surface area contributed by atoms with E-state index in [9.17, 15) is 9.90 Å². The summed E-state index contributed by atoms with van der Waals surface area (Å²) in [4.78, 5) is 16.0. The van der Waals surface area contributed by atoms with Crippen LogP contribution in [0.4, 0.5) is 0 Å². The van der Waals surface area contributed by atoms with E-state index in [1.807, 2.05) is 37.3 Å². The van der Waals surface area contributed by atoms with Gasteiger partial charge in [-0.05, 0) is 60.2 Å². The highest BCUT2D eigenvalue weighted by Gasteiger charge is 2.15. The lowest BCUT2D eigenvalue weighted by Gasteiger charge is -2.05. The van der Waals surface area contributed by atoms with Crippen LogP contribution in [-0.2, 0) is 4.79 Å². The number of aryl methyl sites for hydroxylation is 1. The van der Waals surface area contributed by atoms with Crippen molar-refractivity contribution in [1.82, 2.24) is 4.98 Å². The SMILES string of the molecule is COc1ccc(/C=C(\Sc2nc3ccccc3o2)C(=O)O)c(C)c1. The summed E-state index contributed by atoms with van der Waals surface area (Å²) >= 11 is 0.989. The Bertz CT molecular complexity index is 897. The van der Waals surface area contributed by atoms with Gasteiger partial charge in [-0.1, -0.05) is 18.2 Å². The van der Waals surface area contributed by atoms with Crippen molar-refractivity contribution < 1.29 is 19.1 Å². The van der Waals surface area contributed by atoms with Gasteiger partial charge < -0.3 is 14.3 Å². The minimum absolute atomic E-state index is 0.134. The number of oxazole rings is 1. The van der Waals surface area contributed by atoms with Crippen molar-refractivity contribution in [2.75, 3.05) is 7.11 Å². The fraction of sp³-hybridized carbons (Fsp3) is 0.111. The van der Waals surface area contributed by atoms with Gasteiger partial charge in [-0.3, -0.25) is 0 Å². The second-order valence-corrected chi connectivity index (χ2v) is 6.08. The monoisotopic (exact) mass is 341 g/mol. The van der Waals surface area contributed by atoms with Crippen molar-refractivity contribution in [3.63, 3.8) is 0 Å². The Labute approximate surface area is 143 Å². The summed E-state index contributed by atoms with van der Waals surface area (Å²) < 4.78 is 10.7. The standard InChI is InChI=1S/C18H15NO4S/c1-11-9-13(22-2)8-7-12(11)10-16(17(20)21)24-18-19-14-5-3-4-6-15(14)23-18/h3-10H,1-2H3,(H,20,21)/b16-10-. The molecule has 24 heavy (non-hydrogen) atoms. The Kier molecular flexibility index (Phi) is 4.57. The molecule has 0 saturated carbocycles. The van der Waals surface area contributed by atoms with Gasteiger partial charge >= 0.3 is 5.97 Å². The second-order valence-electron chi connectivity index (χ2n) is 5.09. The molecule has 0 bridgehead atoms. The summed E-state index contributed by atoms with van der Waals surface area (Å²) in [5, 5.41) is 9.78. The highest BCUT2D eigenvalue weighted by Crippen LogP contribution is 2.31. The first kappa shape index (κ1) is 16.1. The van der Waals surface area contributed by atoms with Crippen molar-refractivity contribution >= 4 is 34.9 Å². The summed E-state index contributed by atoms with van der Waals surface area (Å²) in [5.41, 5.74) is 3.05. The molecule has 0 radical (unpaired) electrons. The van der Waals surface area contributed by atoms with Crippen LogP contribution in [-0.4, -0.2) is 23.2 Å². The number of para-hydroxylation sites is 2. The van der Waals surface area contributed by atoms with Crippen LogP contribution < -0.4 is 4.74 Å². The second kappa shape index (κ2) is 6.80. The van der Waals surface area contributed by atoms with E-state index < -0.39 is 5.97 Å². The average Bonchev–Trinajstić information content (AvgIpc) is 2.98. The number of benzene rings is 2. The molecule has 5 nitrogen and oxygen atoms in total. The fourth-order valence-electron chi connectivity index (χ4n) is 2.20. The topological polar surface area (TPSA) is 72.6 Å². The molecule has 3 aromatic rings. The number of carboxylic acid groups (broad SMARTS) is 1. The molecule has 1 aromatic heterocycles. The van der Waals surface area contributed by atoms with Crippen LogP contribution in [0.25, 0.3) is 17.2 Å². The van der Waals surface area contributed by atoms with Gasteiger partial charge in [0.2, 0.25) is 0 Å². The Morgan fingerprint density at radius 2 is 2.08 bits per heavy atom. The number of aliphatic carboxylic acids is 1. The molecule has 0 amide bonds. The number of fused-ring (bicyclic) bond motifs is 1. The first-order valence-corrected chi connectivity index (χ1v) is 8.01. The molecule has 0 saturated heterocycles. The van der Waals surface area contributed by atoms with Gasteiger partial charge in [0, 0.05) is 0 Å². The van der Waals surface area contributed by atoms with E-state index in [0.29, 0.717) is 16.3 Å². The highest BCUT2D eigenvalue weighted by molar-refractivity contribution is 8.03. The molecule has 0 unspecified atom stereocenters. The molecule has 1 heterocycles. The molecule has 3 rings (SSSR count). The van der Waals surface area contributed by atoms with Crippen LogP contribution in [0.15, 0.2) is 57.0 Å². The van der Waals surface area contributed by atoms with E-state index in [-0.39, 0.29) is 4.91 Å². The maximum absolute atomic E-state index is 11.6. The van der Waals surface area contributed by atoms with Crippen LogP contribution in [0.3, 0.4) is 0 Å². The summed E-state index contributed by atoms with van der Waals surface area (Å²) in [6.07, 6.45) is 1.61. The Balaban J connectivity index is 1.93. The highest BCUT2D eigenvalue weighted by atomic mass is 32.2. The zero-order valence-electron chi connectivity index (χ0n) is 13.1. The van der Waals surface area contributed by atoms with Gasteiger partial charge in [-0.25, -0.2) is 9.78 Å². The summed E-state index contributed by atoms with van der Waals surface area (Å²) in [5.74, 6) is -0.300. The van der Waals surface area contributed by atoms with Crippen LogP contribution in [0.5, 0.6) is 5.75 Å². The van der Waals surface area contributed by atoms with Gasteiger partial charge in [-0.2, -0.15) is 0 Å². The van der Waals surface area contributed by atoms with Crippen LogP contribution >= 0.6 is 11.8 Å². The quantitative estimate of drug-likeness (QED) is 0.549. The number of hydrogen-bond acceptors (Lipinski definition) is 5. The number of carboxylic acids is 1. The van der Waals surface area contributed by atoms with Gasteiger partial charge in [0.05, 0.1) is 7.11 Å². The molecular weight excluding hydrogens is 326 g/mol. The summed E-state index contributed by atoms with van der Waals surface area (Å²) in [6, 6.07) is 12.8. The van der Waals surface area contributed by atoms with Crippen LogP contribution in [0, 0.1) is 6.92 Å². The number of methoxy groups -OCH3 is 1. The van der Waals surface area contributed by atoms with Gasteiger partial charge in [0.1, 0.15) is 16.2 Å². The largest absolute Gasteiger partial charge is 0.497 e. The van der Waals surface area contributed by atoms with E-state index >= 15 is 0 Å². The maximum atomic E-state index is 11.6. The predicted octanol–water partition coefficient (Wildman–Crippen LogP) is 4.36. The molecule has 1 N–H and O–H groups in total. The summed E-state index contributed by atoms with van der Waals surface area (Å²) in [6.45, 7) is 1.90. The Hall–Kier alpha value is -2.73. The van der Waals surface area contributed by atoms with Crippen molar-refractivity contribution in [3.05, 3.63) is 58.5 Å². The van der Waals surface area contributed by atoms with Crippen molar-refractivity contribution in [2.45, 2.75) is 12.1 Å². The smallest absolute Gasteiger partial charge is 0.342 e. The number of rotatable bonds is 5. The van der Waals surface area contributed by atoms with Gasteiger partial charge in [-0.15, -0.1) is 0 Å². The van der Waals surface area contributed by atoms with Crippen LogP contribution in [0.2, 0.25) is 0 Å². The number of hydrogen-bond donors (Lipinski definition) is 1. The molecule has 0 atom stereocenters. The molecule has 0 aliphatic heterocycles. The first-order chi connectivity index (χ1) is 11.6. The normalized spacial score (nSPS) is 11.7. The molecule has 122 valence electrons.